The molecule has 5 heteroatoms. The number of aliphatic hydroxyl groups is 1. The molecule has 0 aliphatic rings. The maximum Gasteiger partial charge on any atom is 0.164 e. The van der Waals surface area contributed by atoms with E-state index in [1.165, 1.54) is 19.1 Å². The van der Waals surface area contributed by atoms with Gasteiger partial charge < -0.3 is 5.11 Å². The average molecular weight is 284 g/mol. The lowest BCUT2D eigenvalue weighted by Crippen LogP contribution is -2.26. The Morgan fingerprint density at radius 1 is 1.00 bits per heavy atom. The van der Waals surface area contributed by atoms with E-state index in [9.17, 15) is 22.7 Å². The fourth-order valence-corrected chi connectivity index (χ4v) is 2.05. The zero-order valence-corrected chi connectivity index (χ0v) is 10.6. The molecular weight excluding hydrogens is 272 g/mol. The maximum absolute atomic E-state index is 13.7. The highest BCUT2D eigenvalue weighted by Gasteiger charge is 2.29. The first-order valence-corrected chi connectivity index (χ1v) is 5.92. The Morgan fingerprint density at radius 2 is 1.70 bits per heavy atom. The van der Waals surface area contributed by atoms with Gasteiger partial charge in [0.05, 0.1) is 5.60 Å². The molecule has 0 radical (unpaired) electrons. The number of rotatable bonds is 3. The lowest BCUT2D eigenvalue weighted by atomic mass is 9.88. The van der Waals surface area contributed by atoms with Gasteiger partial charge in [-0.25, -0.2) is 17.6 Å². The first-order chi connectivity index (χ1) is 9.31. The van der Waals surface area contributed by atoms with Crippen molar-refractivity contribution in [3.05, 3.63) is 70.8 Å². The molecular formula is C15H12F4O. The summed E-state index contributed by atoms with van der Waals surface area (Å²) in [4.78, 5) is 0. The van der Waals surface area contributed by atoms with Crippen molar-refractivity contribution in [3.8, 4) is 0 Å². The molecule has 0 aliphatic carbocycles. The monoisotopic (exact) mass is 284 g/mol. The van der Waals surface area contributed by atoms with Crippen LogP contribution >= 0.6 is 0 Å². The summed E-state index contributed by atoms with van der Waals surface area (Å²) in [6.07, 6.45) is -0.306. The smallest absolute Gasteiger partial charge is 0.164 e. The van der Waals surface area contributed by atoms with Crippen LogP contribution in [0.25, 0.3) is 0 Å². The maximum atomic E-state index is 13.7. The molecule has 106 valence electrons. The summed E-state index contributed by atoms with van der Waals surface area (Å²) >= 11 is 0. The Kier molecular flexibility index (Phi) is 3.81. The molecule has 0 amide bonds. The molecule has 0 fully saturated rings. The van der Waals surface area contributed by atoms with Gasteiger partial charge in [-0.15, -0.1) is 0 Å². The molecule has 0 saturated heterocycles. The summed E-state index contributed by atoms with van der Waals surface area (Å²) in [6.45, 7) is 1.24. The van der Waals surface area contributed by atoms with Crippen LogP contribution in [0, 0.1) is 23.3 Å². The molecule has 2 rings (SSSR count). The van der Waals surface area contributed by atoms with Crippen molar-refractivity contribution in [1.29, 1.82) is 0 Å². The van der Waals surface area contributed by atoms with Crippen LogP contribution in [0.1, 0.15) is 18.1 Å². The van der Waals surface area contributed by atoms with Gasteiger partial charge in [-0.05, 0) is 24.6 Å². The van der Waals surface area contributed by atoms with E-state index < -0.39 is 28.9 Å². The van der Waals surface area contributed by atoms with E-state index in [-0.39, 0.29) is 17.5 Å². The third kappa shape index (κ3) is 2.82. The summed E-state index contributed by atoms with van der Waals surface area (Å²) in [5.74, 6) is -3.87. The second-order valence-electron chi connectivity index (χ2n) is 4.79. The van der Waals surface area contributed by atoms with E-state index in [0.29, 0.717) is 6.07 Å². The van der Waals surface area contributed by atoms with Gasteiger partial charge >= 0.3 is 0 Å². The zero-order valence-electron chi connectivity index (χ0n) is 10.6. The Labute approximate surface area is 113 Å². The van der Waals surface area contributed by atoms with E-state index in [4.69, 9.17) is 0 Å². The van der Waals surface area contributed by atoms with Crippen LogP contribution in [0.5, 0.6) is 0 Å². The summed E-state index contributed by atoms with van der Waals surface area (Å²) < 4.78 is 53.2. The van der Waals surface area contributed by atoms with Crippen molar-refractivity contribution in [2.45, 2.75) is 18.9 Å². The highest BCUT2D eigenvalue weighted by molar-refractivity contribution is 5.29. The predicted molar refractivity (Wildman–Crippen MR) is 66.0 cm³/mol. The average Bonchev–Trinajstić information content (AvgIpc) is 2.36. The Morgan fingerprint density at radius 3 is 2.35 bits per heavy atom. The normalized spacial score (nSPS) is 14.1. The fraction of sp³-hybridized carbons (Fsp3) is 0.200. The van der Waals surface area contributed by atoms with Crippen LogP contribution in [0.4, 0.5) is 17.6 Å². The van der Waals surface area contributed by atoms with Crippen molar-refractivity contribution < 1.29 is 22.7 Å². The minimum Gasteiger partial charge on any atom is -0.385 e. The molecule has 1 unspecified atom stereocenters. The largest absolute Gasteiger partial charge is 0.385 e. The lowest BCUT2D eigenvalue weighted by molar-refractivity contribution is 0.0521. The van der Waals surface area contributed by atoms with Gasteiger partial charge in [-0.2, -0.15) is 0 Å². The summed E-state index contributed by atoms with van der Waals surface area (Å²) in [6, 6.07) is 6.27. The number of benzene rings is 2. The van der Waals surface area contributed by atoms with Crippen molar-refractivity contribution in [2.75, 3.05) is 0 Å². The first kappa shape index (κ1) is 14.5. The van der Waals surface area contributed by atoms with E-state index in [1.807, 2.05) is 0 Å². The molecule has 0 saturated carbocycles. The van der Waals surface area contributed by atoms with E-state index in [1.54, 1.807) is 0 Å². The predicted octanol–water partition coefficient (Wildman–Crippen LogP) is 3.69. The van der Waals surface area contributed by atoms with Crippen LogP contribution in [0.3, 0.4) is 0 Å². The summed E-state index contributed by atoms with van der Waals surface area (Å²) in [5.41, 5.74) is -2.08. The highest BCUT2D eigenvalue weighted by Crippen LogP contribution is 2.29. The van der Waals surface area contributed by atoms with Crippen LogP contribution < -0.4 is 0 Å². The molecule has 20 heavy (non-hydrogen) atoms. The van der Waals surface area contributed by atoms with Gasteiger partial charge in [0.15, 0.2) is 11.6 Å². The molecule has 0 spiro atoms. The Bertz CT molecular complexity index is 638. The molecule has 2 aromatic rings. The third-order valence-electron chi connectivity index (χ3n) is 3.08. The van der Waals surface area contributed by atoms with Crippen LogP contribution in [-0.4, -0.2) is 5.11 Å². The van der Waals surface area contributed by atoms with Gasteiger partial charge in [0, 0.05) is 18.1 Å². The molecule has 1 nitrogen and oxygen atoms in total. The van der Waals surface area contributed by atoms with E-state index in [0.717, 1.165) is 18.2 Å². The van der Waals surface area contributed by atoms with Gasteiger partial charge in [-0.3, -0.25) is 0 Å². The van der Waals surface area contributed by atoms with E-state index >= 15 is 0 Å². The van der Waals surface area contributed by atoms with Crippen molar-refractivity contribution in [1.82, 2.24) is 0 Å². The number of hydrogen-bond acceptors (Lipinski definition) is 1. The minimum atomic E-state index is -1.81. The number of halogens is 4. The molecule has 0 aliphatic heterocycles. The summed E-state index contributed by atoms with van der Waals surface area (Å²) in [5, 5.41) is 10.3. The second-order valence-corrected chi connectivity index (χ2v) is 4.79. The van der Waals surface area contributed by atoms with Crippen molar-refractivity contribution >= 4 is 0 Å². The zero-order chi connectivity index (χ0) is 14.9. The minimum absolute atomic E-state index is 0.0139. The Balaban J connectivity index is 2.38. The van der Waals surface area contributed by atoms with Gasteiger partial charge in [0.25, 0.3) is 0 Å². The third-order valence-corrected chi connectivity index (χ3v) is 3.08. The van der Waals surface area contributed by atoms with Gasteiger partial charge in [0.2, 0.25) is 0 Å². The van der Waals surface area contributed by atoms with Crippen LogP contribution in [0.2, 0.25) is 0 Å². The molecule has 1 atom stereocenters. The number of hydrogen-bond donors (Lipinski definition) is 1. The highest BCUT2D eigenvalue weighted by atomic mass is 19.2. The molecule has 0 aromatic heterocycles. The van der Waals surface area contributed by atoms with E-state index in [2.05, 4.69) is 0 Å². The standard InChI is InChI=1S/C15H12F4O/c1-15(20,11-3-2-4-12(17)14(11)19)8-9-5-6-10(16)7-13(9)18/h2-7,20H,8H2,1H3. The van der Waals surface area contributed by atoms with Crippen LogP contribution in [0.15, 0.2) is 36.4 Å². The van der Waals surface area contributed by atoms with Crippen molar-refractivity contribution in [3.63, 3.8) is 0 Å². The van der Waals surface area contributed by atoms with Gasteiger partial charge in [-0.1, -0.05) is 18.2 Å². The first-order valence-electron chi connectivity index (χ1n) is 5.92. The van der Waals surface area contributed by atoms with Crippen LogP contribution in [-0.2, 0) is 12.0 Å². The quantitative estimate of drug-likeness (QED) is 0.852. The molecule has 0 heterocycles. The second kappa shape index (κ2) is 5.25. The topological polar surface area (TPSA) is 20.2 Å². The summed E-state index contributed by atoms with van der Waals surface area (Å²) in [7, 11) is 0. The molecule has 0 bridgehead atoms. The molecule has 2 aromatic carbocycles. The fourth-order valence-electron chi connectivity index (χ4n) is 2.05. The van der Waals surface area contributed by atoms with Crippen molar-refractivity contribution in [2.24, 2.45) is 0 Å². The SMILES string of the molecule is CC(O)(Cc1ccc(F)cc1F)c1cccc(F)c1F. The lowest BCUT2D eigenvalue weighted by Gasteiger charge is -2.24. The molecule has 1 N–H and O–H groups in total. The Hall–Kier alpha value is -1.88. The van der Waals surface area contributed by atoms with Gasteiger partial charge in [0.1, 0.15) is 11.6 Å².